The molecule has 1 amide bonds. The summed E-state index contributed by atoms with van der Waals surface area (Å²) in [5, 5.41) is 9.72. The first-order valence-electron chi connectivity index (χ1n) is 9.75. The van der Waals surface area contributed by atoms with Crippen molar-refractivity contribution < 1.29 is 9.21 Å². The van der Waals surface area contributed by atoms with Crippen LogP contribution in [0.15, 0.2) is 58.3 Å². The lowest BCUT2D eigenvalue weighted by atomic mass is 10.2. The Kier molecular flexibility index (Phi) is 4.68. The molecule has 0 radical (unpaired) electrons. The van der Waals surface area contributed by atoms with Crippen LogP contribution in [0.5, 0.6) is 0 Å². The zero-order chi connectivity index (χ0) is 18.9. The fourth-order valence-electron chi connectivity index (χ4n) is 3.38. The Morgan fingerprint density at radius 2 is 1.93 bits per heavy atom. The van der Waals surface area contributed by atoms with Crippen molar-refractivity contribution in [2.24, 2.45) is 0 Å². The molecule has 2 aromatic heterocycles. The van der Waals surface area contributed by atoms with Crippen LogP contribution >= 0.6 is 11.8 Å². The average Bonchev–Trinajstić information content (AvgIpc) is 3.66. The van der Waals surface area contributed by atoms with Crippen molar-refractivity contribution >= 4 is 23.4 Å². The second kappa shape index (κ2) is 7.47. The van der Waals surface area contributed by atoms with Gasteiger partial charge < -0.3 is 13.9 Å². The Balaban J connectivity index is 1.33. The molecule has 2 saturated carbocycles. The van der Waals surface area contributed by atoms with E-state index in [1.807, 2.05) is 42.5 Å². The quantitative estimate of drug-likeness (QED) is 0.530. The van der Waals surface area contributed by atoms with E-state index >= 15 is 0 Å². The SMILES string of the molecule is O=C(CSc1nnc(C2CC2)n1C1CC1)N(Cc1ccco1)c1ccccc1. The molecule has 3 aromatic rings. The molecule has 2 fully saturated rings. The number of nitrogens with zero attached hydrogens (tertiary/aromatic N) is 4. The summed E-state index contributed by atoms with van der Waals surface area (Å²) >= 11 is 1.49. The van der Waals surface area contributed by atoms with Gasteiger partial charge in [0.2, 0.25) is 5.91 Å². The number of thioether (sulfide) groups is 1. The van der Waals surface area contributed by atoms with Crippen LogP contribution in [-0.2, 0) is 11.3 Å². The van der Waals surface area contributed by atoms with Gasteiger partial charge in [0.1, 0.15) is 11.6 Å². The van der Waals surface area contributed by atoms with E-state index < -0.39 is 0 Å². The highest BCUT2D eigenvalue weighted by Crippen LogP contribution is 2.46. The van der Waals surface area contributed by atoms with Crippen molar-refractivity contribution in [1.82, 2.24) is 14.8 Å². The third-order valence-electron chi connectivity index (χ3n) is 5.13. The lowest BCUT2D eigenvalue weighted by Gasteiger charge is -2.21. The molecule has 2 heterocycles. The van der Waals surface area contributed by atoms with Crippen molar-refractivity contribution in [2.45, 2.75) is 49.3 Å². The number of benzene rings is 1. The number of amides is 1. The Bertz CT molecular complexity index is 946. The average molecular weight is 395 g/mol. The minimum Gasteiger partial charge on any atom is -0.467 e. The molecule has 6 nitrogen and oxygen atoms in total. The fraction of sp³-hybridized carbons (Fsp3) is 0.381. The summed E-state index contributed by atoms with van der Waals surface area (Å²) in [6.45, 7) is 0.416. The second-order valence-corrected chi connectivity index (χ2v) is 8.34. The predicted molar refractivity (Wildman–Crippen MR) is 107 cm³/mol. The maximum absolute atomic E-state index is 13.1. The molecule has 144 valence electrons. The van der Waals surface area contributed by atoms with Gasteiger partial charge in [-0.25, -0.2) is 0 Å². The summed E-state index contributed by atoms with van der Waals surface area (Å²) in [7, 11) is 0. The lowest BCUT2D eigenvalue weighted by molar-refractivity contribution is -0.116. The van der Waals surface area contributed by atoms with E-state index in [0.29, 0.717) is 24.3 Å². The van der Waals surface area contributed by atoms with E-state index in [4.69, 9.17) is 4.42 Å². The van der Waals surface area contributed by atoms with Gasteiger partial charge in [-0.15, -0.1) is 10.2 Å². The third-order valence-corrected chi connectivity index (χ3v) is 6.06. The Morgan fingerprint density at radius 3 is 2.61 bits per heavy atom. The smallest absolute Gasteiger partial charge is 0.237 e. The zero-order valence-electron chi connectivity index (χ0n) is 15.5. The molecule has 0 atom stereocenters. The van der Waals surface area contributed by atoms with Gasteiger partial charge in [-0.05, 0) is 49.9 Å². The normalized spacial score (nSPS) is 16.3. The number of carbonyl (C=O) groups excluding carboxylic acids is 1. The van der Waals surface area contributed by atoms with Gasteiger partial charge in [0.05, 0.1) is 18.6 Å². The number of anilines is 1. The molecule has 2 aliphatic rings. The highest BCUT2D eigenvalue weighted by molar-refractivity contribution is 7.99. The van der Waals surface area contributed by atoms with Crippen molar-refractivity contribution in [3.05, 3.63) is 60.3 Å². The molecule has 5 rings (SSSR count). The van der Waals surface area contributed by atoms with Crippen molar-refractivity contribution in [3.8, 4) is 0 Å². The topological polar surface area (TPSA) is 64.2 Å². The van der Waals surface area contributed by atoms with Gasteiger partial charge in [-0.1, -0.05) is 30.0 Å². The van der Waals surface area contributed by atoms with Crippen molar-refractivity contribution in [3.63, 3.8) is 0 Å². The Labute approximate surface area is 167 Å². The monoisotopic (exact) mass is 394 g/mol. The number of aromatic nitrogens is 3. The minimum atomic E-state index is 0.0333. The second-order valence-electron chi connectivity index (χ2n) is 7.40. The van der Waals surface area contributed by atoms with Crippen LogP contribution in [0.1, 0.15) is 49.2 Å². The Morgan fingerprint density at radius 1 is 1.11 bits per heavy atom. The molecular formula is C21H22N4O2S. The van der Waals surface area contributed by atoms with Gasteiger partial charge in [0, 0.05) is 17.6 Å². The number of carbonyl (C=O) groups is 1. The highest BCUT2D eigenvalue weighted by atomic mass is 32.2. The molecular weight excluding hydrogens is 372 g/mol. The van der Waals surface area contributed by atoms with Gasteiger partial charge in [-0.3, -0.25) is 4.79 Å². The number of hydrogen-bond donors (Lipinski definition) is 0. The maximum Gasteiger partial charge on any atom is 0.237 e. The molecule has 0 N–H and O–H groups in total. The zero-order valence-corrected chi connectivity index (χ0v) is 16.3. The van der Waals surface area contributed by atoms with Crippen LogP contribution in [0.4, 0.5) is 5.69 Å². The van der Waals surface area contributed by atoms with Gasteiger partial charge in [-0.2, -0.15) is 0 Å². The van der Waals surface area contributed by atoms with E-state index in [9.17, 15) is 4.79 Å². The standard InChI is InChI=1S/C21H22N4O2S/c26-19(24(13-18-7-4-12-27-18)16-5-2-1-3-6-16)14-28-21-23-22-20(15-8-9-15)25(21)17-10-11-17/h1-7,12,15,17H,8-11,13-14H2. The summed E-state index contributed by atoms with van der Waals surface area (Å²) < 4.78 is 7.75. The van der Waals surface area contributed by atoms with E-state index in [1.54, 1.807) is 11.2 Å². The fourth-order valence-corrected chi connectivity index (χ4v) is 4.27. The number of hydrogen-bond acceptors (Lipinski definition) is 5. The Hall–Kier alpha value is -2.54. The van der Waals surface area contributed by atoms with Crippen LogP contribution in [0.3, 0.4) is 0 Å². The highest BCUT2D eigenvalue weighted by Gasteiger charge is 2.36. The molecule has 2 aliphatic carbocycles. The number of furan rings is 1. The molecule has 28 heavy (non-hydrogen) atoms. The first-order chi connectivity index (χ1) is 13.8. The third kappa shape index (κ3) is 3.71. The van der Waals surface area contributed by atoms with Crippen LogP contribution < -0.4 is 4.90 Å². The van der Waals surface area contributed by atoms with Crippen molar-refractivity contribution in [1.29, 1.82) is 0 Å². The molecule has 0 unspecified atom stereocenters. The maximum atomic E-state index is 13.1. The predicted octanol–water partition coefficient (Wildman–Crippen LogP) is 4.41. The summed E-state index contributed by atoms with van der Waals surface area (Å²) in [5.41, 5.74) is 0.867. The molecule has 0 spiro atoms. The van der Waals surface area contributed by atoms with Crippen LogP contribution in [-0.4, -0.2) is 26.4 Å². The van der Waals surface area contributed by atoms with Gasteiger partial charge >= 0.3 is 0 Å². The molecule has 0 bridgehead atoms. The number of rotatable bonds is 8. The van der Waals surface area contributed by atoms with Crippen molar-refractivity contribution in [2.75, 3.05) is 10.7 Å². The first kappa shape index (κ1) is 17.6. The van der Waals surface area contributed by atoms with Crippen LogP contribution in [0, 0.1) is 0 Å². The molecule has 0 aliphatic heterocycles. The number of para-hydroxylation sites is 1. The van der Waals surface area contributed by atoms with E-state index in [2.05, 4.69) is 14.8 Å². The summed E-state index contributed by atoms with van der Waals surface area (Å²) in [4.78, 5) is 14.9. The van der Waals surface area contributed by atoms with Crippen LogP contribution in [0.25, 0.3) is 0 Å². The minimum absolute atomic E-state index is 0.0333. The van der Waals surface area contributed by atoms with E-state index in [-0.39, 0.29) is 5.91 Å². The summed E-state index contributed by atoms with van der Waals surface area (Å²) in [5.74, 6) is 2.81. The van der Waals surface area contributed by atoms with Gasteiger partial charge in [0.15, 0.2) is 5.16 Å². The van der Waals surface area contributed by atoms with E-state index in [1.165, 1.54) is 37.4 Å². The largest absolute Gasteiger partial charge is 0.467 e. The summed E-state index contributed by atoms with van der Waals surface area (Å²) in [6, 6.07) is 14.0. The van der Waals surface area contributed by atoms with Crippen LogP contribution in [0.2, 0.25) is 0 Å². The summed E-state index contributed by atoms with van der Waals surface area (Å²) in [6.07, 6.45) is 6.43. The molecule has 1 aromatic carbocycles. The molecule has 0 saturated heterocycles. The van der Waals surface area contributed by atoms with Gasteiger partial charge in [0.25, 0.3) is 0 Å². The molecule has 7 heteroatoms. The van der Waals surface area contributed by atoms with E-state index in [0.717, 1.165) is 22.4 Å². The first-order valence-corrected chi connectivity index (χ1v) is 10.7. The lowest BCUT2D eigenvalue weighted by Crippen LogP contribution is -2.31.